The van der Waals surface area contributed by atoms with Gasteiger partial charge in [0.25, 0.3) is 10.0 Å². The van der Waals surface area contributed by atoms with Crippen LogP contribution < -0.4 is 15.4 Å². The van der Waals surface area contributed by atoms with Gasteiger partial charge in [-0.15, -0.1) is 0 Å². The third kappa shape index (κ3) is 6.68. The van der Waals surface area contributed by atoms with Gasteiger partial charge in [0.1, 0.15) is 0 Å². The predicted molar refractivity (Wildman–Crippen MR) is 136 cm³/mol. The third-order valence-electron chi connectivity index (χ3n) is 5.36. The number of benzene rings is 4. The van der Waals surface area contributed by atoms with Gasteiger partial charge in [-0.2, -0.15) is 13.2 Å². The standard InChI is InChI=1S/C27H22F3N3O3S/c28-27(29,30)21-10-6-7-19(17-21)18-31-26(34)32-22-13-15-23(16-14-22)33-37(35,36)25-12-5-4-11-24(25)20-8-2-1-3-9-20/h1-17,33H,18H2,(H2,31,32,34). The highest BCUT2D eigenvalue weighted by molar-refractivity contribution is 7.92. The van der Waals surface area contributed by atoms with Gasteiger partial charge >= 0.3 is 12.2 Å². The lowest BCUT2D eigenvalue weighted by Gasteiger charge is -2.13. The van der Waals surface area contributed by atoms with Crippen LogP contribution in [-0.2, 0) is 22.7 Å². The Morgan fingerprint density at radius 3 is 2.11 bits per heavy atom. The van der Waals surface area contributed by atoms with Crippen molar-refractivity contribution in [1.82, 2.24) is 5.32 Å². The monoisotopic (exact) mass is 525 g/mol. The molecule has 0 spiro atoms. The number of nitrogens with one attached hydrogen (secondary N) is 3. The molecule has 0 bridgehead atoms. The van der Waals surface area contributed by atoms with Crippen molar-refractivity contribution >= 4 is 27.4 Å². The highest BCUT2D eigenvalue weighted by atomic mass is 32.2. The lowest BCUT2D eigenvalue weighted by atomic mass is 10.1. The van der Waals surface area contributed by atoms with Crippen molar-refractivity contribution in [3.05, 3.63) is 114 Å². The molecule has 0 aliphatic rings. The number of anilines is 2. The summed E-state index contributed by atoms with van der Waals surface area (Å²) in [6, 6.07) is 25.9. The largest absolute Gasteiger partial charge is 0.416 e. The summed E-state index contributed by atoms with van der Waals surface area (Å²) in [5, 5.41) is 5.05. The summed E-state index contributed by atoms with van der Waals surface area (Å²) in [7, 11) is -3.91. The van der Waals surface area contributed by atoms with Gasteiger partial charge in [-0.05, 0) is 53.6 Å². The first-order valence-electron chi connectivity index (χ1n) is 11.1. The molecule has 0 aromatic heterocycles. The third-order valence-corrected chi connectivity index (χ3v) is 6.80. The fourth-order valence-electron chi connectivity index (χ4n) is 3.60. The van der Waals surface area contributed by atoms with Crippen LogP contribution >= 0.6 is 0 Å². The summed E-state index contributed by atoms with van der Waals surface area (Å²) < 4.78 is 67.3. The molecule has 0 saturated heterocycles. The number of amides is 2. The number of rotatable bonds is 7. The van der Waals surface area contributed by atoms with Gasteiger partial charge in [-0.3, -0.25) is 4.72 Å². The van der Waals surface area contributed by atoms with Crippen LogP contribution in [0.4, 0.5) is 29.3 Å². The summed E-state index contributed by atoms with van der Waals surface area (Å²) in [6.07, 6.45) is -4.47. The Kier molecular flexibility index (Phi) is 7.49. The quantitative estimate of drug-likeness (QED) is 0.258. The fourth-order valence-corrected chi connectivity index (χ4v) is 4.89. The van der Waals surface area contributed by atoms with Crippen LogP contribution in [0.25, 0.3) is 11.1 Å². The molecular formula is C27H22F3N3O3S. The highest BCUT2D eigenvalue weighted by Gasteiger charge is 2.30. The molecule has 0 unspecified atom stereocenters. The van der Waals surface area contributed by atoms with E-state index in [0.29, 0.717) is 16.8 Å². The van der Waals surface area contributed by atoms with Crippen LogP contribution in [0.5, 0.6) is 0 Å². The molecule has 0 heterocycles. The zero-order chi connectivity index (χ0) is 26.5. The minimum atomic E-state index is -4.47. The maximum absolute atomic E-state index is 13.1. The molecule has 4 aromatic carbocycles. The Balaban J connectivity index is 1.39. The molecule has 6 nitrogen and oxygen atoms in total. The van der Waals surface area contributed by atoms with Crippen molar-refractivity contribution in [2.24, 2.45) is 0 Å². The van der Waals surface area contributed by atoms with Gasteiger partial charge in [0.05, 0.1) is 10.5 Å². The molecule has 4 aromatic rings. The van der Waals surface area contributed by atoms with E-state index in [-0.39, 0.29) is 17.1 Å². The van der Waals surface area contributed by atoms with Gasteiger partial charge in [0.2, 0.25) is 0 Å². The predicted octanol–water partition coefficient (Wildman–Crippen LogP) is 6.49. The minimum Gasteiger partial charge on any atom is -0.334 e. The zero-order valence-corrected chi connectivity index (χ0v) is 20.1. The Hall–Kier alpha value is -4.31. The average Bonchev–Trinajstić information content (AvgIpc) is 2.89. The summed E-state index contributed by atoms with van der Waals surface area (Å²) in [5.74, 6) is 0. The number of alkyl halides is 3. The average molecular weight is 526 g/mol. The van der Waals surface area contributed by atoms with Gasteiger partial charge < -0.3 is 10.6 Å². The molecule has 190 valence electrons. The molecule has 0 aliphatic heterocycles. The van der Waals surface area contributed by atoms with Crippen molar-refractivity contribution in [2.75, 3.05) is 10.0 Å². The number of urea groups is 1. The molecule has 0 aliphatic carbocycles. The summed E-state index contributed by atoms with van der Waals surface area (Å²) in [5.41, 5.74) is 1.49. The van der Waals surface area contributed by atoms with Crippen molar-refractivity contribution in [3.63, 3.8) is 0 Å². The van der Waals surface area contributed by atoms with Gasteiger partial charge in [0.15, 0.2) is 0 Å². The Morgan fingerprint density at radius 1 is 0.757 bits per heavy atom. The summed E-state index contributed by atoms with van der Waals surface area (Å²) >= 11 is 0. The molecule has 3 N–H and O–H groups in total. The maximum Gasteiger partial charge on any atom is 0.416 e. The van der Waals surface area contributed by atoms with Crippen LogP contribution in [0.1, 0.15) is 11.1 Å². The zero-order valence-electron chi connectivity index (χ0n) is 19.3. The second-order valence-corrected chi connectivity index (χ2v) is 9.70. The smallest absolute Gasteiger partial charge is 0.334 e. The first-order chi connectivity index (χ1) is 17.6. The molecule has 2 amide bonds. The summed E-state index contributed by atoms with van der Waals surface area (Å²) in [6.45, 7) is -0.103. The molecule has 10 heteroatoms. The van der Waals surface area contributed by atoms with Crippen molar-refractivity contribution in [2.45, 2.75) is 17.6 Å². The van der Waals surface area contributed by atoms with Crippen molar-refractivity contribution in [3.8, 4) is 11.1 Å². The minimum absolute atomic E-state index is 0.103. The molecule has 0 saturated carbocycles. The Morgan fingerprint density at radius 2 is 1.41 bits per heavy atom. The molecule has 0 fully saturated rings. The lowest BCUT2D eigenvalue weighted by Crippen LogP contribution is -2.28. The van der Waals surface area contributed by atoms with Gasteiger partial charge in [0, 0.05) is 23.5 Å². The van der Waals surface area contributed by atoms with E-state index >= 15 is 0 Å². The van der Waals surface area contributed by atoms with E-state index in [0.717, 1.165) is 17.7 Å². The SMILES string of the molecule is O=C(NCc1cccc(C(F)(F)F)c1)Nc1ccc(NS(=O)(=O)c2ccccc2-c2ccccc2)cc1. The molecule has 4 rings (SSSR count). The van der Waals surface area contributed by atoms with E-state index in [4.69, 9.17) is 0 Å². The second-order valence-electron chi connectivity index (χ2n) is 8.05. The summed E-state index contributed by atoms with van der Waals surface area (Å²) in [4.78, 5) is 12.3. The van der Waals surface area contributed by atoms with Gasteiger partial charge in [-0.25, -0.2) is 13.2 Å². The van der Waals surface area contributed by atoms with Crippen molar-refractivity contribution in [1.29, 1.82) is 0 Å². The van der Waals surface area contributed by atoms with E-state index in [1.54, 1.807) is 18.2 Å². The normalized spacial score (nSPS) is 11.5. The van der Waals surface area contributed by atoms with Crippen molar-refractivity contribution < 1.29 is 26.4 Å². The number of carbonyl (C=O) groups is 1. The Bertz CT molecular complexity index is 1490. The lowest BCUT2D eigenvalue weighted by molar-refractivity contribution is -0.137. The van der Waals surface area contributed by atoms with Crippen LogP contribution in [0.15, 0.2) is 108 Å². The van der Waals surface area contributed by atoms with E-state index in [1.165, 1.54) is 42.5 Å². The highest BCUT2D eigenvalue weighted by Crippen LogP contribution is 2.30. The van der Waals surface area contributed by atoms with E-state index < -0.39 is 27.8 Å². The van der Waals surface area contributed by atoms with Gasteiger partial charge in [-0.1, -0.05) is 60.7 Å². The number of hydrogen-bond acceptors (Lipinski definition) is 3. The Labute approximate surface area is 212 Å². The number of halogens is 3. The van der Waals surface area contributed by atoms with Crippen LogP contribution in [0.2, 0.25) is 0 Å². The number of sulfonamides is 1. The molecule has 0 radical (unpaired) electrons. The number of hydrogen-bond donors (Lipinski definition) is 3. The molecule has 0 atom stereocenters. The van der Waals surface area contributed by atoms with Crippen LogP contribution in [0.3, 0.4) is 0 Å². The first-order valence-corrected chi connectivity index (χ1v) is 12.6. The van der Waals surface area contributed by atoms with Crippen LogP contribution in [-0.4, -0.2) is 14.4 Å². The van der Waals surface area contributed by atoms with E-state index in [9.17, 15) is 26.4 Å². The van der Waals surface area contributed by atoms with Crippen LogP contribution in [0, 0.1) is 0 Å². The first kappa shape index (κ1) is 25.8. The van der Waals surface area contributed by atoms with E-state index in [2.05, 4.69) is 15.4 Å². The second kappa shape index (κ2) is 10.8. The molecule has 37 heavy (non-hydrogen) atoms. The van der Waals surface area contributed by atoms with E-state index in [1.807, 2.05) is 30.3 Å². The maximum atomic E-state index is 13.1. The molecular weight excluding hydrogens is 503 g/mol. The topological polar surface area (TPSA) is 87.3 Å². The number of carbonyl (C=O) groups excluding carboxylic acids is 1. The fraction of sp³-hybridized carbons (Fsp3) is 0.0741.